The van der Waals surface area contributed by atoms with Crippen LogP contribution >= 0.6 is 0 Å². The maximum absolute atomic E-state index is 11.9. The van der Waals surface area contributed by atoms with Gasteiger partial charge >= 0.3 is 0 Å². The number of carbonyl (C=O) groups excluding carboxylic acids is 1. The quantitative estimate of drug-likeness (QED) is 0.807. The molecule has 0 aromatic carbocycles. The van der Waals surface area contributed by atoms with E-state index in [0.717, 1.165) is 25.7 Å². The number of piperidine rings is 1. The molecule has 4 nitrogen and oxygen atoms in total. The molecule has 1 N–H and O–H groups in total. The third-order valence-corrected chi connectivity index (χ3v) is 4.21. The van der Waals surface area contributed by atoms with Crippen molar-refractivity contribution >= 4 is 5.91 Å². The average molecular weight is 241 g/mol. The van der Waals surface area contributed by atoms with E-state index in [1.807, 2.05) is 11.8 Å². The highest BCUT2D eigenvalue weighted by atomic mass is 16.5. The smallest absolute Gasteiger partial charge is 0.248 e. The minimum atomic E-state index is -0.499. The molecule has 0 spiro atoms. The van der Waals surface area contributed by atoms with E-state index in [1.54, 1.807) is 0 Å². The average Bonchev–Trinajstić information content (AvgIpc) is 2.34. The lowest BCUT2D eigenvalue weighted by molar-refractivity contribution is -0.147. The van der Waals surface area contributed by atoms with Gasteiger partial charge in [-0.15, -0.1) is 0 Å². The standard InChI is InChI=1S/C13H23NO3/c1-2-17-10-12(15)14-8-7-13(16)6-4-3-5-11(13)9-14/h11,16H,2-10H2,1H3. The van der Waals surface area contributed by atoms with E-state index in [0.29, 0.717) is 19.7 Å². The first-order chi connectivity index (χ1) is 8.15. The van der Waals surface area contributed by atoms with Crippen LogP contribution in [0.2, 0.25) is 0 Å². The second kappa shape index (κ2) is 5.36. The Labute approximate surface area is 103 Å². The summed E-state index contributed by atoms with van der Waals surface area (Å²) in [4.78, 5) is 13.7. The molecule has 1 saturated heterocycles. The molecule has 4 heteroatoms. The van der Waals surface area contributed by atoms with E-state index in [4.69, 9.17) is 4.74 Å². The van der Waals surface area contributed by atoms with Gasteiger partial charge in [0.25, 0.3) is 0 Å². The van der Waals surface area contributed by atoms with Crippen LogP contribution in [-0.2, 0) is 9.53 Å². The van der Waals surface area contributed by atoms with E-state index < -0.39 is 5.60 Å². The van der Waals surface area contributed by atoms with Gasteiger partial charge in [0.05, 0.1) is 5.60 Å². The molecule has 1 heterocycles. The first-order valence-corrected chi connectivity index (χ1v) is 6.73. The van der Waals surface area contributed by atoms with E-state index in [-0.39, 0.29) is 18.4 Å². The van der Waals surface area contributed by atoms with Gasteiger partial charge in [-0.2, -0.15) is 0 Å². The number of nitrogens with zero attached hydrogens (tertiary/aromatic N) is 1. The first kappa shape index (κ1) is 12.8. The molecule has 2 rings (SSSR count). The molecule has 2 fully saturated rings. The first-order valence-electron chi connectivity index (χ1n) is 6.73. The fourth-order valence-electron chi connectivity index (χ4n) is 3.08. The summed E-state index contributed by atoms with van der Waals surface area (Å²) in [6.45, 7) is 4.04. The third kappa shape index (κ3) is 2.80. The summed E-state index contributed by atoms with van der Waals surface area (Å²) in [6.07, 6.45) is 5.00. The number of likely N-dealkylation sites (tertiary alicyclic amines) is 1. The molecular formula is C13H23NO3. The second-order valence-corrected chi connectivity index (χ2v) is 5.27. The Hall–Kier alpha value is -0.610. The predicted octanol–water partition coefficient (Wildman–Crippen LogP) is 1.18. The molecule has 1 amide bonds. The van der Waals surface area contributed by atoms with Crippen LogP contribution in [0, 0.1) is 5.92 Å². The lowest BCUT2D eigenvalue weighted by atomic mass is 9.71. The molecule has 2 aliphatic rings. The van der Waals surface area contributed by atoms with Crippen molar-refractivity contribution in [3.8, 4) is 0 Å². The lowest BCUT2D eigenvalue weighted by Gasteiger charge is -2.47. The van der Waals surface area contributed by atoms with Crippen LogP contribution in [0.25, 0.3) is 0 Å². The van der Waals surface area contributed by atoms with Crippen molar-refractivity contribution in [2.24, 2.45) is 5.92 Å². The van der Waals surface area contributed by atoms with E-state index in [9.17, 15) is 9.90 Å². The molecule has 2 unspecified atom stereocenters. The predicted molar refractivity (Wildman–Crippen MR) is 64.6 cm³/mol. The van der Waals surface area contributed by atoms with Gasteiger partial charge in [0.15, 0.2) is 0 Å². The zero-order valence-corrected chi connectivity index (χ0v) is 10.7. The van der Waals surface area contributed by atoms with Crippen LogP contribution in [-0.4, -0.2) is 47.8 Å². The Morgan fingerprint density at radius 3 is 3.06 bits per heavy atom. The molecule has 1 aliphatic carbocycles. The van der Waals surface area contributed by atoms with Crippen molar-refractivity contribution in [2.75, 3.05) is 26.3 Å². The van der Waals surface area contributed by atoms with Crippen molar-refractivity contribution in [3.05, 3.63) is 0 Å². The number of carbonyl (C=O) groups is 1. The number of fused-ring (bicyclic) bond motifs is 1. The summed E-state index contributed by atoms with van der Waals surface area (Å²) in [5.74, 6) is 0.343. The fraction of sp³-hybridized carbons (Fsp3) is 0.923. The van der Waals surface area contributed by atoms with Crippen molar-refractivity contribution in [2.45, 2.75) is 44.6 Å². The van der Waals surface area contributed by atoms with Crippen LogP contribution in [0.5, 0.6) is 0 Å². The SMILES string of the molecule is CCOCC(=O)N1CCC2(O)CCCCC2C1. The summed E-state index contributed by atoms with van der Waals surface area (Å²) in [6, 6.07) is 0. The second-order valence-electron chi connectivity index (χ2n) is 5.27. The van der Waals surface area contributed by atoms with Gasteiger partial charge < -0.3 is 14.7 Å². The van der Waals surface area contributed by atoms with Crippen LogP contribution in [0.1, 0.15) is 39.0 Å². The normalized spacial score (nSPS) is 33.3. The minimum absolute atomic E-state index is 0.0690. The molecule has 0 bridgehead atoms. The van der Waals surface area contributed by atoms with Crippen molar-refractivity contribution < 1.29 is 14.6 Å². The Morgan fingerprint density at radius 1 is 1.47 bits per heavy atom. The minimum Gasteiger partial charge on any atom is -0.389 e. The van der Waals surface area contributed by atoms with Gasteiger partial charge in [-0.05, 0) is 26.2 Å². The lowest BCUT2D eigenvalue weighted by Crippen LogP contribution is -2.55. The molecule has 1 aliphatic heterocycles. The van der Waals surface area contributed by atoms with Gasteiger partial charge in [-0.25, -0.2) is 0 Å². The number of amides is 1. The molecule has 0 radical (unpaired) electrons. The Kier molecular flexibility index (Phi) is 4.05. The van der Waals surface area contributed by atoms with Gasteiger partial charge in [0.1, 0.15) is 6.61 Å². The Morgan fingerprint density at radius 2 is 2.29 bits per heavy atom. The van der Waals surface area contributed by atoms with Gasteiger partial charge in [0.2, 0.25) is 5.91 Å². The highest BCUT2D eigenvalue weighted by Gasteiger charge is 2.43. The summed E-state index contributed by atoms with van der Waals surface area (Å²) >= 11 is 0. The van der Waals surface area contributed by atoms with Crippen molar-refractivity contribution in [1.29, 1.82) is 0 Å². The van der Waals surface area contributed by atoms with E-state index in [2.05, 4.69) is 0 Å². The van der Waals surface area contributed by atoms with E-state index >= 15 is 0 Å². The molecule has 1 saturated carbocycles. The summed E-state index contributed by atoms with van der Waals surface area (Å²) in [5, 5.41) is 10.5. The van der Waals surface area contributed by atoms with Gasteiger partial charge in [0, 0.05) is 25.6 Å². The van der Waals surface area contributed by atoms with Crippen molar-refractivity contribution in [1.82, 2.24) is 4.90 Å². The molecule has 98 valence electrons. The van der Waals surface area contributed by atoms with Gasteiger partial charge in [-0.3, -0.25) is 4.79 Å². The maximum atomic E-state index is 11.9. The molecule has 17 heavy (non-hydrogen) atoms. The number of aliphatic hydroxyl groups is 1. The maximum Gasteiger partial charge on any atom is 0.248 e. The fourth-order valence-corrected chi connectivity index (χ4v) is 3.08. The summed E-state index contributed by atoms with van der Waals surface area (Å²) < 4.78 is 5.16. The summed E-state index contributed by atoms with van der Waals surface area (Å²) in [5.41, 5.74) is -0.499. The van der Waals surface area contributed by atoms with Crippen LogP contribution in [0.4, 0.5) is 0 Å². The third-order valence-electron chi connectivity index (χ3n) is 4.21. The zero-order chi connectivity index (χ0) is 12.3. The molecule has 2 atom stereocenters. The highest BCUT2D eigenvalue weighted by molar-refractivity contribution is 5.77. The Bertz CT molecular complexity index is 282. The number of ether oxygens (including phenoxy) is 1. The topological polar surface area (TPSA) is 49.8 Å². The Balaban J connectivity index is 1.90. The van der Waals surface area contributed by atoms with E-state index in [1.165, 1.54) is 6.42 Å². The number of rotatable bonds is 3. The van der Waals surface area contributed by atoms with Crippen LogP contribution in [0.15, 0.2) is 0 Å². The molecular weight excluding hydrogens is 218 g/mol. The molecule has 0 aromatic rings. The zero-order valence-electron chi connectivity index (χ0n) is 10.7. The van der Waals surface area contributed by atoms with Crippen LogP contribution in [0.3, 0.4) is 0 Å². The largest absolute Gasteiger partial charge is 0.389 e. The number of hydrogen-bond donors (Lipinski definition) is 1. The van der Waals surface area contributed by atoms with Gasteiger partial charge in [-0.1, -0.05) is 12.8 Å². The molecule has 0 aromatic heterocycles. The van der Waals surface area contributed by atoms with Crippen molar-refractivity contribution in [3.63, 3.8) is 0 Å². The highest BCUT2D eigenvalue weighted by Crippen LogP contribution is 2.39. The monoisotopic (exact) mass is 241 g/mol. The summed E-state index contributed by atoms with van der Waals surface area (Å²) in [7, 11) is 0. The van der Waals surface area contributed by atoms with Crippen LogP contribution < -0.4 is 0 Å². The number of hydrogen-bond acceptors (Lipinski definition) is 3.